The standard InChI is InChI=1S/C24H18NP.C18H14NP.C7H8/c1-3-11-19(12-4-1)25-23-17-9-7-15-21(23)22-16-8-10-18-24(22)26(25)20-13-5-2-6-14-20;1-2-8-14(9-3-1)20-18-13-7-5-11-16(18)15-10-4-6-12-17(15)19-20;1-7-5-3-2-4-6-7/h1-18H;1-13,19H;2-6H,1H3. The van der Waals surface area contributed by atoms with Gasteiger partial charge in [-0.3, -0.25) is 0 Å². The van der Waals surface area contributed by atoms with Crippen LogP contribution in [-0.2, 0) is 0 Å². The molecule has 0 aliphatic carbocycles. The van der Waals surface area contributed by atoms with E-state index in [1.807, 2.05) is 18.2 Å². The molecule has 53 heavy (non-hydrogen) atoms. The minimum absolute atomic E-state index is 0.519. The third-order valence-corrected chi connectivity index (χ3v) is 13.9. The molecule has 0 spiro atoms. The highest BCUT2D eigenvalue weighted by Gasteiger charge is 2.33. The van der Waals surface area contributed by atoms with E-state index in [1.165, 1.54) is 66.1 Å². The second kappa shape index (κ2) is 16.3. The van der Waals surface area contributed by atoms with Gasteiger partial charge in [0.05, 0.1) is 21.8 Å². The lowest BCUT2D eigenvalue weighted by Gasteiger charge is -2.40. The number of nitrogens with one attached hydrogen (secondary N) is 1. The maximum absolute atomic E-state index is 3.73. The van der Waals surface area contributed by atoms with E-state index in [2.05, 4.69) is 217 Å². The van der Waals surface area contributed by atoms with E-state index in [9.17, 15) is 0 Å². The first-order valence-electron chi connectivity index (χ1n) is 18.0. The molecule has 2 nitrogen and oxygen atoms in total. The van der Waals surface area contributed by atoms with E-state index >= 15 is 0 Å². The van der Waals surface area contributed by atoms with Crippen molar-refractivity contribution in [2.45, 2.75) is 6.92 Å². The van der Waals surface area contributed by atoms with Crippen LogP contribution in [0.15, 0.2) is 218 Å². The van der Waals surface area contributed by atoms with Crippen LogP contribution in [0.4, 0.5) is 17.1 Å². The molecule has 0 radical (unpaired) electrons. The molecule has 0 amide bonds. The Morgan fingerprint density at radius 2 is 0.830 bits per heavy atom. The Labute approximate surface area is 316 Å². The molecule has 8 aromatic carbocycles. The lowest BCUT2D eigenvalue weighted by Crippen LogP contribution is -2.29. The molecule has 2 aliphatic heterocycles. The summed E-state index contributed by atoms with van der Waals surface area (Å²) in [6.45, 7) is 2.08. The van der Waals surface area contributed by atoms with Crippen LogP contribution in [0.5, 0.6) is 0 Å². The number of anilines is 3. The van der Waals surface area contributed by atoms with Crippen LogP contribution in [0.1, 0.15) is 5.56 Å². The highest BCUT2D eigenvalue weighted by molar-refractivity contribution is 7.75. The summed E-state index contributed by atoms with van der Waals surface area (Å²) in [4.78, 5) is 0. The highest BCUT2D eigenvalue weighted by Crippen LogP contribution is 2.55. The molecule has 10 rings (SSSR count). The number of hydrogen-bond donors (Lipinski definition) is 1. The van der Waals surface area contributed by atoms with Gasteiger partial charge < -0.3 is 9.76 Å². The summed E-state index contributed by atoms with van der Waals surface area (Å²) >= 11 is 0. The Morgan fingerprint density at radius 3 is 1.45 bits per heavy atom. The molecule has 256 valence electrons. The molecule has 2 unspecified atom stereocenters. The molecule has 4 heteroatoms. The van der Waals surface area contributed by atoms with Crippen molar-refractivity contribution in [2.24, 2.45) is 0 Å². The maximum atomic E-state index is 3.73. The first-order valence-corrected chi connectivity index (χ1v) is 20.6. The van der Waals surface area contributed by atoms with Crippen LogP contribution in [0.25, 0.3) is 22.3 Å². The second-order valence-electron chi connectivity index (χ2n) is 12.8. The van der Waals surface area contributed by atoms with Crippen molar-refractivity contribution in [3.8, 4) is 22.3 Å². The fraction of sp³-hybridized carbons (Fsp3) is 0.0204. The molecule has 0 saturated carbocycles. The molecule has 0 saturated heterocycles. The van der Waals surface area contributed by atoms with Crippen LogP contribution < -0.4 is 31.0 Å². The molecule has 0 bridgehead atoms. The van der Waals surface area contributed by atoms with Gasteiger partial charge in [-0.05, 0) is 42.3 Å². The van der Waals surface area contributed by atoms with Gasteiger partial charge in [-0.25, -0.2) is 0 Å². The molecular weight excluding hydrogens is 679 g/mol. The summed E-state index contributed by atoms with van der Waals surface area (Å²) in [5.74, 6) is 0. The van der Waals surface area contributed by atoms with Gasteiger partial charge in [-0.1, -0.05) is 200 Å². The monoisotopic (exact) mass is 718 g/mol. The van der Waals surface area contributed by atoms with Crippen molar-refractivity contribution < 1.29 is 0 Å². The van der Waals surface area contributed by atoms with Crippen LogP contribution in [0.2, 0.25) is 0 Å². The zero-order valence-electron chi connectivity index (χ0n) is 29.6. The number of hydrogen-bond acceptors (Lipinski definition) is 2. The first-order chi connectivity index (χ1) is 26.3. The van der Waals surface area contributed by atoms with Gasteiger partial charge in [0, 0.05) is 43.7 Å². The predicted octanol–water partition coefficient (Wildman–Crippen LogP) is 12.0. The van der Waals surface area contributed by atoms with Crippen LogP contribution in [0, 0.1) is 6.92 Å². The normalized spacial score (nSPS) is 14.6. The number of para-hydroxylation sites is 3. The minimum atomic E-state index is -0.676. The zero-order valence-corrected chi connectivity index (χ0v) is 31.4. The van der Waals surface area contributed by atoms with Gasteiger partial charge in [0.15, 0.2) is 0 Å². The Balaban J connectivity index is 0.000000131. The van der Waals surface area contributed by atoms with Crippen LogP contribution >= 0.6 is 16.1 Å². The molecule has 1 N–H and O–H groups in total. The van der Waals surface area contributed by atoms with E-state index in [0.29, 0.717) is 0 Å². The van der Waals surface area contributed by atoms with Gasteiger partial charge in [-0.2, -0.15) is 0 Å². The van der Waals surface area contributed by atoms with Crippen molar-refractivity contribution >= 4 is 54.4 Å². The maximum Gasteiger partial charge on any atom is 0.0604 e. The molecule has 0 aromatic heterocycles. The summed E-state index contributed by atoms with van der Waals surface area (Å²) < 4.78 is 2.53. The molecular formula is C49H40N2P2. The summed E-state index contributed by atoms with van der Waals surface area (Å²) in [6.07, 6.45) is 0. The quantitative estimate of drug-likeness (QED) is 0.183. The highest BCUT2D eigenvalue weighted by atomic mass is 31.1. The Bertz CT molecular complexity index is 2310. The minimum Gasteiger partial charge on any atom is -0.356 e. The van der Waals surface area contributed by atoms with E-state index in [4.69, 9.17) is 0 Å². The van der Waals surface area contributed by atoms with Gasteiger partial charge in [0.1, 0.15) is 0 Å². The number of rotatable bonds is 3. The predicted molar refractivity (Wildman–Crippen MR) is 232 cm³/mol. The van der Waals surface area contributed by atoms with Crippen LogP contribution in [-0.4, -0.2) is 0 Å². The summed E-state index contributed by atoms with van der Waals surface area (Å²) in [5, 5.41) is 9.29. The van der Waals surface area contributed by atoms with Gasteiger partial charge in [-0.15, -0.1) is 0 Å². The van der Waals surface area contributed by atoms with Crippen LogP contribution in [0.3, 0.4) is 0 Å². The molecule has 2 aliphatic rings. The first kappa shape index (κ1) is 34.3. The Morgan fingerprint density at radius 1 is 0.377 bits per heavy atom. The molecule has 2 atom stereocenters. The fourth-order valence-electron chi connectivity index (χ4n) is 6.84. The summed E-state index contributed by atoms with van der Waals surface area (Å²) in [5.41, 5.74) is 10.4. The summed E-state index contributed by atoms with van der Waals surface area (Å²) in [7, 11) is -1.19. The van der Waals surface area contributed by atoms with Crippen molar-refractivity contribution in [1.29, 1.82) is 0 Å². The van der Waals surface area contributed by atoms with Gasteiger partial charge >= 0.3 is 0 Å². The Hall–Kier alpha value is -5.78. The van der Waals surface area contributed by atoms with Crippen molar-refractivity contribution in [2.75, 3.05) is 9.76 Å². The molecule has 0 fully saturated rings. The molecule has 8 aromatic rings. The fourth-order valence-corrected chi connectivity index (χ4v) is 11.5. The Kier molecular flexibility index (Phi) is 10.5. The SMILES string of the molecule is Cc1ccccc1.c1ccc(N2c3ccccc3-c3ccccc3P2c2ccccc2)cc1.c1ccc(P2Nc3ccccc3-c3ccccc32)cc1. The lowest BCUT2D eigenvalue weighted by atomic mass is 10.0. The van der Waals surface area contributed by atoms with Crippen molar-refractivity contribution in [3.63, 3.8) is 0 Å². The van der Waals surface area contributed by atoms with E-state index in [-0.39, 0.29) is 0 Å². The number of aryl methyl sites for hydroxylation is 1. The lowest BCUT2D eigenvalue weighted by molar-refractivity contribution is 1.40. The average Bonchev–Trinajstić information content (AvgIpc) is 3.24. The van der Waals surface area contributed by atoms with Gasteiger partial charge in [0.2, 0.25) is 0 Å². The average molecular weight is 719 g/mol. The number of nitrogens with zero attached hydrogens (tertiary/aromatic N) is 1. The summed E-state index contributed by atoms with van der Waals surface area (Å²) in [6, 6.07) is 77.5. The second-order valence-corrected chi connectivity index (χ2v) is 16.7. The third-order valence-electron chi connectivity index (χ3n) is 9.31. The number of benzene rings is 8. The smallest absolute Gasteiger partial charge is 0.0604 e. The largest absolute Gasteiger partial charge is 0.356 e. The van der Waals surface area contributed by atoms with E-state index < -0.39 is 16.1 Å². The number of fused-ring (bicyclic) bond motifs is 6. The van der Waals surface area contributed by atoms with Crippen molar-refractivity contribution in [1.82, 2.24) is 0 Å². The zero-order chi connectivity index (χ0) is 35.8. The van der Waals surface area contributed by atoms with Gasteiger partial charge in [0.25, 0.3) is 0 Å². The van der Waals surface area contributed by atoms with Crippen molar-refractivity contribution in [3.05, 3.63) is 224 Å². The molecule has 2 heterocycles. The van der Waals surface area contributed by atoms with E-state index in [0.717, 1.165) is 0 Å². The third kappa shape index (κ3) is 7.44. The van der Waals surface area contributed by atoms with E-state index in [1.54, 1.807) is 0 Å². The topological polar surface area (TPSA) is 15.3 Å².